The molecule has 1 aromatic heterocycles. The molecular weight excluding hydrogens is 334 g/mol. The van der Waals surface area contributed by atoms with Crippen molar-refractivity contribution in [3.8, 4) is 0 Å². The summed E-state index contributed by atoms with van der Waals surface area (Å²) in [6.45, 7) is 2.21. The van der Waals surface area contributed by atoms with Gasteiger partial charge in [0.15, 0.2) is 0 Å². The molecule has 5 nitrogen and oxygen atoms in total. The first-order valence-electron chi connectivity index (χ1n) is 7.13. The molecule has 0 bridgehead atoms. The third-order valence-corrected chi connectivity index (χ3v) is 4.58. The summed E-state index contributed by atoms with van der Waals surface area (Å²) in [6, 6.07) is 10.7. The van der Waals surface area contributed by atoms with Crippen molar-refractivity contribution in [3.63, 3.8) is 0 Å². The van der Waals surface area contributed by atoms with Gasteiger partial charge in [0.1, 0.15) is 0 Å². The maximum atomic E-state index is 12.4. The van der Waals surface area contributed by atoms with Crippen molar-refractivity contribution in [1.82, 2.24) is 9.80 Å². The average molecular weight is 352 g/mol. The molecule has 1 aromatic carbocycles. The fraction of sp³-hybridized carbons (Fsp3) is 0.250. The van der Waals surface area contributed by atoms with Crippen LogP contribution in [0.5, 0.6) is 0 Å². The lowest BCUT2D eigenvalue weighted by Gasteiger charge is -2.34. The van der Waals surface area contributed by atoms with E-state index >= 15 is 0 Å². The van der Waals surface area contributed by atoms with Crippen molar-refractivity contribution in [2.24, 2.45) is 0 Å². The zero-order chi connectivity index (χ0) is 15.5. The van der Waals surface area contributed by atoms with Gasteiger partial charge in [0.2, 0.25) is 0 Å². The molecule has 0 spiro atoms. The van der Waals surface area contributed by atoms with Crippen LogP contribution in [-0.2, 0) is 0 Å². The van der Waals surface area contributed by atoms with Gasteiger partial charge in [-0.2, -0.15) is 0 Å². The summed E-state index contributed by atoms with van der Waals surface area (Å²) in [5.41, 5.74) is 6.90. The van der Waals surface area contributed by atoms with Gasteiger partial charge < -0.3 is 15.5 Å². The quantitative estimate of drug-likeness (QED) is 0.844. The largest absolute Gasteiger partial charge is 0.399 e. The van der Waals surface area contributed by atoms with Crippen LogP contribution in [0.1, 0.15) is 20.0 Å². The minimum absolute atomic E-state index is 0. The topological polar surface area (TPSA) is 66.6 Å². The lowest BCUT2D eigenvalue weighted by atomic mass is 10.1. The fourth-order valence-electron chi connectivity index (χ4n) is 2.52. The summed E-state index contributed by atoms with van der Waals surface area (Å²) >= 11 is 1.44. The highest BCUT2D eigenvalue weighted by Gasteiger charge is 2.25. The van der Waals surface area contributed by atoms with Gasteiger partial charge in [-0.15, -0.1) is 23.7 Å². The molecule has 7 heteroatoms. The Labute approximate surface area is 145 Å². The maximum absolute atomic E-state index is 12.4. The predicted molar refractivity (Wildman–Crippen MR) is 94.2 cm³/mol. The number of halogens is 1. The fourth-order valence-corrected chi connectivity index (χ4v) is 3.21. The minimum Gasteiger partial charge on any atom is -0.399 e. The van der Waals surface area contributed by atoms with Gasteiger partial charge >= 0.3 is 0 Å². The molecule has 0 unspecified atom stereocenters. The van der Waals surface area contributed by atoms with Gasteiger partial charge in [-0.3, -0.25) is 9.59 Å². The number of anilines is 1. The van der Waals surface area contributed by atoms with Crippen molar-refractivity contribution in [2.75, 3.05) is 31.9 Å². The van der Waals surface area contributed by atoms with Crippen LogP contribution >= 0.6 is 23.7 Å². The number of nitrogen functional groups attached to an aromatic ring is 1. The molecule has 0 saturated carbocycles. The van der Waals surface area contributed by atoms with Crippen LogP contribution in [0.15, 0.2) is 41.8 Å². The van der Waals surface area contributed by atoms with E-state index in [4.69, 9.17) is 5.73 Å². The van der Waals surface area contributed by atoms with Crippen LogP contribution in [0.4, 0.5) is 5.69 Å². The number of thiophene rings is 1. The van der Waals surface area contributed by atoms with Crippen molar-refractivity contribution >= 4 is 41.2 Å². The zero-order valence-corrected chi connectivity index (χ0v) is 14.1. The van der Waals surface area contributed by atoms with E-state index in [2.05, 4.69) is 0 Å². The van der Waals surface area contributed by atoms with Gasteiger partial charge in [-0.1, -0.05) is 12.1 Å². The van der Waals surface area contributed by atoms with E-state index in [1.54, 1.807) is 34.1 Å². The first-order chi connectivity index (χ1) is 10.6. The molecule has 0 aliphatic carbocycles. The molecule has 2 heterocycles. The van der Waals surface area contributed by atoms with E-state index in [0.29, 0.717) is 37.4 Å². The number of benzene rings is 1. The second kappa shape index (κ2) is 7.48. The van der Waals surface area contributed by atoms with E-state index < -0.39 is 0 Å². The van der Waals surface area contributed by atoms with E-state index in [0.717, 1.165) is 4.88 Å². The van der Waals surface area contributed by atoms with Crippen molar-refractivity contribution in [1.29, 1.82) is 0 Å². The minimum atomic E-state index is -0.0319. The van der Waals surface area contributed by atoms with Gasteiger partial charge in [0.05, 0.1) is 4.88 Å². The molecule has 1 aliphatic heterocycles. The Morgan fingerprint density at radius 3 is 2.17 bits per heavy atom. The van der Waals surface area contributed by atoms with Crippen LogP contribution in [0, 0.1) is 0 Å². The smallest absolute Gasteiger partial charge is 0.264 e. The third-order valence-electron chi connectivity index (χ3n) is 3.72. The standard InChI is InChI=1S/C16H17N3O2S.ClH/c17-13-4-1-3-12(11-13)15(20)18-6-8-19(9-7-18)16(21)14-5-2-10-22-14;/h1-5,10-11H,6-9,17H2;1H. The summed E-state index contributed by atoms with van der Waals surface area (Å²) in [5, 5.41) is 1.90. The molecule has 1 fully saturated rings. The van der Waals surface area contributed by atoms with Crippen LogP contribution < -0.4 is 5.73 Å². The molecule has 2 N–H and O–H groups in total. The molecule has 0 atom stereocenters. The normalized spacial score (nSPS) is 14.3. The Balaban J connectivity index is 0.00000192. The second-order valence-electron chi connectivity index (χ2n) is 5.19. The van der Waals surface area contributed by atoms with E-state index in [9.17, 15) is 9.59 Å². The van der Waals surface area contributed by atoms with E-state index in [-0.39, 0.29) is 24.2 Å². The zero-order valence-electron chi connectivity index (χ0n) is 12.5. The average Bonchev–Trinajstić information content (AvgIpc) is 3.08. The number of carbonyl (C=O) groups is 2. The monoisotopic (exact) mass is 351 g/mol. The van der Waals surface area contributed by atoms with E-state index in [1.165, 1.54) is 11.3 Å². The van der Waals surface area contributed by atoms with E-state index in [1.807, 2.05) is 17.5 Å². The Morgan fingerprint density at radius 2 is 1.61 bits per heavy atom. The summed E-state index contributed by atoms with van der Waals surface area (Å²) < 4.78 is 0. The number of nitrogens with zero attached hydrogens (tertiary/aromatic N) is 2. The molecule has 2 amide bonds. The van der Waals surface area contributed by atoms with Crippen LogP contribution in [0.25, 0.3) is 0 Å². The number of nitrogens with two attached hydrogens (primary N) is 1. The lowest BCUT2D eigenvalue weighted by molar-refractivity contribution is 0.0538. The highest BCUT2D eigenvalue weighted by molar-refractivity contribution is 7.12. The van der Waals surface area contributed by atoms with Crippen LogP contribution in [0.3, 0.4) is 0 Å². The van der Waals surface area contributed by atoms with Crippen LogP contribution in [0.2, 0.25) is 0 Å². The third kappa shape index (κ3) is 3.83. The van der Waals surface area contributed by atoms with Gasteiger partial charge in [-0.25, -0.2) is 0 Å². The number of carbonyl (C=O) groups excluding carboxylic acids is 2. The maximum Gasteiger partial charge on any atom is 0.264 e. The first kappa shape index (κ1) is 17.3. The SMILES string of the molecule is Cl.Nc1cccc(C(=O)N2CCN(C(=O)c3cccs3)CC2)c1. The van der Waals surface area contributed by atoms with Gasteiger partial charge in [0, 0.05) is 37.4 Å². The summed E-state index contributed by atoms with van der Waals surface area (Å²) in [4.78, 5) is 29.0. The molecule has 23 heavy (non-hydrogen) atoms. The molecule has 1 aliphatic rings. The van der Waals surface area contributed by atoms with Crippen LogP contribution in [-0.4, -0.2) is 47.8 Å². The van der Waals surface area contributed by atoms with Crippen molar-refractivity contribution in [3.05, 3.63) is 52.2 Å². The Hall–Kier alpha value is -2.05. The summed E-state index contributed by atoms with van der Waals surface area (Å²) in [6.07, 6.45) is 0. The highest BCUT2D eigenvalue weighted by atomic mass is 35.5. The first-order valence-corrected chi connectivity index (χ1v) is 8.01. The highest BCUT2D eigenvalue weighted by Crippen LogP contribution is 2.16. The number of piperazine rings is 1. The lowest BCUT2D eigenvalue weighted by Crippen LogP contribution is -2.50. The predicted octanol–water partition coefficient (Wildman–Crippen LogP) is 2.35. The second-order valence-corrected chi connectivity index (χ2v) is 6.13. The summed E-state index contributed by atoms with van der Waals surface area (Å²) in [7, 11) is 0. The molecule has 1 saturated heterocycles. The van der Waals surface area contributed by atoms with Gasteiger partial charge in [0.25, 0.3) is 11.8 Å². The van der Waals surface area contributed by atoms with Gasteiger partial charge in [-0.05, 0) is 29.6 Å². The Bertz CT molecular complexity index is 682. The number of rotatable bonds is 2. The number of hydrogen-bond donors (Lipinski definition) is 1. The number of hydrogen-bond acceptors (Lipinski definition) is 4. The summed E-state index contributed by atoms with van der Waals surface area (Å²) in [5.74, 6) is 0.0153. The van der Waals surface area contributed by atoms with Crippen molar-refractivity contribution < 1.29 is 9.59 Å². The van der Waals surface area contributed by atoms with Crippen molar-refractivity contribution in [2.45, 2.75) is 0 Å². The Morgan fingerprint density at radius 1 is 0.957 bits per heavy atom. The molecular formula is C16H18ClN3O2S. The molecule has 122 valence electrons. The molecule has 3 rings (SSSR count). The number of amides is 2. The molecule has 0 radical (unpaired) electrons. The molecule has 2 aromatic rings. The Kier molecular flexibility index (Phi) is 5.63.